The molecule has 0 spiro atoms. The van der Waals surface area contributed by atoms with Crippen LogP contribution in [0.25, 0.3) is 0 Å². The highest BCUT2D eigenvalue weighted by molar-refractivity contribution is 7.80. The molecule has 16 heavy (non-hydrogen) atoms. The van der Waals surface area contributed by atoms with Gasteiger partial charge in [0.05, 0.1) is 0 Å². The maximum absolute atomic E-state index is 11.1. The molecule has 0 aliphatic rings. The molecule has 0 unspecified atom stereocenters. The van der Waals surface area contributed by atoms with E-state index in [4.69, 9.17) is 5.73 Å². The third-order valence-electron chi connectivity index (χ3n) is 2.41. The largest absolute Gasteiger partial charge is 0.364 e. The fraction of sp³-hybridized carbons (Fsp3) is 0.0833. The Morgan fingerprint density at radius 2 is 2.00 bits per heavy atom. The van der Waals surface area contributed by atoms with Crippen molar-refractivity contribution in [2.75, 3.05) is 0 Å². The summed E-state index contributed by atoms with van der Waals surface area (Å²) in [5.41, 5.74) is 6.84. The first-order valence-corrected chi connectivity index (χ1v) is 5.35. The summed E-state index contributed by atoms with van der Waals surface area (Å²) < 4.78 is 1.82. The summed E-state index contributed by atoms with van der Waals surface area (Å²) in [7, 11) is 0. The van der Waals surface area contributed by atoms with Crippen LogP contribution >= 0.6 is 12.6 Å². The monoisotopic (exact) mass is 232 g/mol. The van der Waals surface area contributed by atoms with E-state index < -0.39 is 5.91 Å². The zero-order chi connectivity index (χ0) is 11.5. The molecule has 0 saturated heterocycles. The minimum atomic E-state index is -0.415. The first-order chi connectivity index (χ1) is 7.68. The van der Waals surface area contributed by atoms with Gasteiger partial charge in [0.2, 0.25) is 0 Å². The minimum absolute atomic E-state index is 0.415. The van der Waals surface area contributed by atoms with Gasteiger partial charge in [0.25, 0.3) is 5.91 Å². The van der Waals surface area contributed by atoms with E-state index in [0.717, 1.165) is 10.5 Å². The van der Waals surface area contributed by atoms with Crippen LogP contribution in [0.2, 0.25) is 0 Å². The van der Waals surface area contributed by atoms with Crippen LogP contribution in [0, 0.1) is 0 Å². The second-order valence-corrected chi connectivity index (χ2v) is 4.00. The quantitative estimate of drug-likeness (QED) is 0.780. The Morgan fingerprint density at radius 1 is 1.25 bits per heavy atom. The molecule has 1 amide bonds. The molecular formula is C12H12N2OS. The highest BCUT2D eigenvalue weighted by atomic mass is 32.1. The first kappa shape index (κ1) is 10.8. The fourth-order valence-corrected chi connectivity index (χ4v) is 1.84. The third-order valence-corrected chi connectivity index (χ3v) is 2.85. The second-order valence-electron chi connectivity index (χ2n) is 3.51. The number of carbonyl (C=O) groups is 1. The molecule has 2 rings (SSSR count). The Balaban J connectivity index is 2.31. The number of aromatic nitrogens is 1. The second kappa shape index (κ2) is 4.45. The van der Waals surface area contributed by atoms with Gasteiger partial charge in [-0.3, -0.25) is 4.79 Å². The van der Waals surface area contributed by atoms with Crippen molar-refractivity contribution in [3.8, 4) is 0 Å². The summed E-state index contributed by atoms with van der Waals surface area (Å²) in [6.07, 6.45) is 1.83. The van der Waals surface area contributed by atoms with Crippen LogP contribution in [-0.4, -0.2) is 10.5 Å². The summed E-state index contributed by atoms with van der Waals surface area (Å²) in [6.45, 7) is 0.602. The van der Waals surface area contributed by atoms with Crippen molar-refractivity contribution >= 4 is 18.5 Å². The molecule has 0 aliphatic heterocycles. The molecule has 0 radical (unpaired) electrons. The number of rotatable bonds is 3. The van der Waals surface area contributed by atoms with Crippen LogP contribution in [0.3, 0.4) is 0 Å². The minimum Gasteiger partial charge on any atom is -0.364 e. The van der Waals surface area contributed by atoms with E-state index in [-0.39, 0.29) is 0 Å². The standard InChI is InChI=1S/C12H12N2OS/c13-12(15)10-5-3-7-14(10)8-9-4-1-2-6-11(9)16/h1-7,16H,8H2,(H2,13,15). The number of carbonyl (C=O) groups excluding carboxylic acids is 1. The lowest BCUT2D eigenvalue weighted by molar-refractivity contribution is 0.0992. The van der Waals surface area contributed by atoms with Crippen LogP contribution in [-0.2, 0) is 6.54 Å². The molecule has 1 aromatic carbocycles. The molecule has 3 nitrogen and oxygen atoms in total. The van der Waals surface area contributed by atoms with Crippen molar-refractivity contribution < 1.29 is 4.79 Å². The third kappa shape index (κ3) is 2.12. The summed E-state index contributed by atoms with van der Waals surface area (Å²) in [5, 5.41) is 0. The molecule has 0 aliphatic carbocycles. The van der Waals surface area contributed by atoms with Gasteiger partial charge in [0.1, 0.15) is 5.69 Å². The lowest BCUT2D eigenvalue weighted by Gasteiger charge is -2.08. The van der Waals surface area contributed by atoms with E-state index in [9.17, 15) is 4.79 Å². The van der Waals surface area contributed by atoms with Crippen LogP contribution in [0.15, 0.2) is 47.5 Å². The molecule has 1 heterocycles. The molecule has 82 valence electrons. The summed E-state index contributed by atoms with van der Waals surface area (Å²) in [5.74, 6) is -0.415. The Bertz CT molecular complexity index is 519. The van der Waals surface area contributed by atoms with Gasteiger partial charge >= 0.3 is 0 Å². The van der Waals surface area contributed by atoms with Crippen molar-refractivity contribution in [2.24, 2.45) is 5.73 Å². The van der Waals surface area contributed by atoms with Gasteiger partial charge in [-0.1, -0.05) is 18.2 Å². The summed E-state index contributed by atoms with van der Waals surface area (Å²) >= 11 is 4.37. The zero-order valence-electron chi connectivity index (χ0n) is 8.63. The number of benzene rings is 1. The van der Waals surface area contributed by atoms with E-state index in [1.165, 1.54) is 0 Å². The molecule has 1 aromatic heterocycles. The Labute approximate surface area is 99.3 Å². The smallest absolute Gasteiger partial charge is 0.265 e. The number of nitrogens with zero attached hydrogens (tertiary/aromatic N) is 1. The molecule has 4 heteroatoms. The number of amides is 1. The van der Waals surface area contributed by atoms with Gasteiger partial charge in [-0.2, -0.15) is 0 Å². The molecule has 0 fully saturated rings. The highest BCUT2D eigenvalue weighted by Gasteiger charge is 2.07. The topological polar surface area (TPSA) is 48.0 Å². The predicted molar refractivity (Wildman–Crippen MR) is 65.7 cm³/mol. The zero-order valence-corrected chi connectivity index (χ0v) is 9.52. The van der Waals surface area contributed by atoms with E-state index in [1.54, 1.807) is 12.1 Å². The normalized spacial score (nSPS) is 10.3. The maximum Gasteiger partial charge on any atom is 0.265 e. The average molecular weight is 232 g/mol. The molecular weight excluding hydrogens is 220 g/mol. The SMILES string of the molecule is NC(=O)c1cccn1Cc1ccccc1S. The van der Waals surface area contributed by atoms with Gasteiger partial charge in [0, 0.05) is 17.6 Å². The fourth-order valence-electron chi connectivity index (χ4n) is 1.60. The van der Waals surface area contributed by atoms with E-state index in [2.05, 4.69) is 12.6 Å². The number of hydrogen-bond donors (Lipinski definition) is 2. The first-order valence-electron chi connectivity index (χ1n) is 4.90. The van der Waals surface area contributed by atoms with Crippen molar-refractivity contribution in [2.45, 2.75) is 11.4 Å². The number of nitrogens with two attached hydrogens (primary N) is 1. The summed E-state index contributed by atoms with van der Waals surface area (Å²) in [6, 6.07) is 11.3. The molecule has 2 N–H and O–H groups in total. The van der Waals surface area contributed by atoms with E-state index >= 15 is 0 Å². The Hall–Kier alpha value is -1.68. The molecule has 0 saturated carbocycles. The van der Waals surface area contributed by atoms with Crippen LogP contribution in [0.1, 0.15) is 16.1 Å². The summed E-state index contributed by atoms with van der Waals surface area (Å²) in [4.78, 5) is 12.0. The molecule has 0 atom stereocenters. The predicted octanol–water partition coefficient (Wildman–Crippen LogP) is 1.92. The van der Waals surface area contributed by atoms with Gasteiger partial charge in [-0.25, -0.2) is 0 Å². The van der Waals surface area contributed by atoms with Crippen LogP contribution < -0.4 is 5.73 Å². The van der Waals surface area contributed by atoms with E-state index in [0.29, 0.717) is 12.2 Å². The van der Waals surface area contributed by atoms with E-state index in [1.807, 2.05) is 35.0 Å². The molecule has 0 bridgehead atoms. The number of hydrogen-bond acceptors (Lipinski definition) is 2. The van der Waals surface area contributed by atoms with Gasteiger partial charge < -0.3 is 10.3 Å². The van der Waals surface area contributed by atoms with Crippen molar-refractivity contribution in [1.82, 2.24) is 4.57 Å². The Morgan fingerprint density at radius 3 is 2.69 bits per heavy atom. The van der Waals surface area contributed by atoms with Crippen molar-refractivity contribution in [3.05, 3.63) is 53.9 Å². The van der Waals surface area contributed by atoms with Crippen LogP contribution in [0.4, 0.5) is 0 Å². The Kier molecular flexibility index (Phi) is 3.01. The lowest BCUT2D eigenvalue weighted by Crippen LogP contribution is -2.17. The highest BCUT2D eigenvalue weighted by Crippen LogP contribution is 2.15. The van der Waals surface area contributed by atoms with Crippen molar-refractivity contribution in [1.29, 1.82) is 0 Å². The maximum atomic E-state index is 11.1. The van der Waals surface area contributed by atoms with Crippen LogP contribution in [0.5, 0.6) is 0 Å². The van der Waals surface area contributed by atoms with Gasteiger partial charge in [0.15, 0.2) is 0 Å². The van der Waals surface area contributed by atoms with Gasteiger partial charge in [-0.05, 0) is 23.8 Å². The number of thiol groups is 1. The number of primary amides is 1. The van der Waals surface area contributed by atoms with Crippen molar-refractivity contribution in [3.63, 3.8) is 0 Å². The average Bonchev–Trinajstić information content (AvgIpc) is 2.69. The van der Waals surface area contributed by atoms with Gasteiger partial charge in [-0.15, -0.1) is 12.6 Å². The lowest BCUT2D eigenvalue weighted by atomic mass is 10.2. The molecule has 2 aromatic rings.